The van der Waals surface area contributed by atoms with Crippen molar-refractivity contribution in [2.45, 2.75) is 20.8 Å². The Hall–Kier alpha value is -2.85. The molecule has 2 aromatic carbocycles. The van der Waals surface area contributed by atoms with E-state index in [2.05, 4.69) is 0 Å². The molecule has 0 N–H and O–H groups in total. The lowest BCUT2D eigenvalue weighted by atomic mass is 10.1. The number of anilines is 1. The monoisotopic (exact) mass is 381 g/mol. The molecule has 5 heteroatoms. The van der Waals surface area contributed by atoms with Gasteiger partial charge in [0, 0.05) is 16.4 Å². The van der Waals surface area contributed by atoms with Gasteiger partial charge in [0.15, 0.2) is 0 Å². The Balaban J connectivity index is 2.21. The van der Waals surface area contributed by atoms with E-state index in [0.717, 1.165) is 16.8 Å². The molecule has 0 unspecified atom stereocenters. The molecule has 0 amide bonds. The molecule has 1 aliphatic heterocycles. The number of methoxy groups -OCH3 is 1. The first-order valence-corrected chi connectivity index (χ1v) is 8.90. The summed E-state index contributed by atoms with van der Waals surface area (Å²) in [5.74, 6) is -1.02. The number of ether oxygens (including phenoxy) is 1. The minimum Gasteiger partial charge on any atom is -0.465 e. The molecule has 4 nitrogen and oxygen atoms in total. The molecule has 0 aliphatic carbocycles. The molecular weight excluding hydrogens is 362 g/mol. The second kappa shape index (κ2) is 7.41. The third-order valence-corrected chi connectivity index (χ3v) is 5.08. The second-order valence-corrected chi connectivity index (χ2v) is 6.84. The lowest BCUT2D eigenvalue weighted by Crippen LogP contribution is -2.18. The minimum atomic E-state index is -0.645. The fourth-order valence-corrected chi connectivity index (χ4v) is 3.29. The summed E-state index contributed by atoms with van der Waals surface area (Å²) in [7, 11) is 1.27. The van der Waals surface area contributed by atoms with Crippen LogP contribution in [0.3, 0.4) is 0 Å². The molecule has 1 aliphatic rings. The van der Waals surface area contributed by atoms with E-state index in [9.17, 15) is 9.59 Å². The van der Waals surface area contributed by atoms with E-state index in [-0.39, 0.29) is 11.4 Å². The minimum absolute atomic E-state index is 0.0361. The number of nitrogens with zero attached hydrogens (tertiary/aromatic N) is 1. The van der Waals surface area contributed by atoms with Crippen molar-refractivity contribution in [1.82, 2.24) is 0 Å². The van der Waals surface area contributed by atoms with E-state index < -0.39 is 5.97 Å². The summed E-state index contributed by atoms with van der Waals surface area (Å²) >= 11 is 6.27. The number of Topliss-reactive ketones (excluding diaryl/α,β-unsaturated/α-hetero) is 1. The van der Waals surface area contributed by atoms with Gasteiger partial charge in [-0.2, -0.15) is 0 Å². The molecule has 0 bridgehead atoms. The Morgan fingerprint density at radius 2 is 1.78 bits per heavy atom. The first-order chi connectivity index (χ1) is 12.8. The third kappa shape index (κ3) is 3.40. The van der Waals surface area contributed by atoms with Gasteiger partial charge in [0.05, 0.1) is 12.8 Å². The lowest BCUT2D eigenvalue weighted by Gasteiger charge is -2.22. The zero-order chi connectivity index (χ0) is 19.7. The summed E-state index contributed by atoms with van der Waals surface area (Å²) in [6.07, 6.45) is 1.71. The summed E-state index contributed by atoms with van der Waals surface area (Å²) in [6, 6.07) is 13.2. The standard InChI is InChI=1S/C22H20ClNO3/c1-13-9-10-17(11-14(13)2)24-15(3)20(22(26)27-4)21(25)19(24)12-16-7-5-6-8-18(16)23/h5-12H,1-4H3/b19-12+. The zero-order valence-corrected chi connectivity index (χ0v) is 16.4. The number of benzene rings is 2. The van der Waals surface area contributed by atoms with Gasteiger partial charge in [0.25, 0.3) is 0 Å². The predicted molar refractivity (Wildman–Crippen MR) is 108 cm³/mol. The molecule has 0 saturated carbocycles. The first-order valence-electron chi connectivity index (χ1n) is 8.52. The average molecular weight is 382 g/mol. The van der Waals surface area contributed by atoms with Crippen molar-refractivity contribution in [3.8, 4) is 0 Å². The maximum Gasteiger partial charge on any atom is 0.343 e. The van der Waals surface area contributed by atoms with Crippen LogP contribution in [0.25, 0.3) is 6.08 Å². The van der Waals surface area contributed by atoms with E-state index in [1.54, 1.807) is 24.0 Å². The molecule has 0 atom stereocenters. The summed E-state index contributed by atoms with van der Waals surface area (Å²) in [5, 5.41) is 0.530. The molecule has 27 heavy (non-hydrogen) atoms. The van der Waals surface area contributed by atoms with Crippen LogP contribution < -0.4 is 4.90 Å². The van der Waals surface area contributed by atoms with Crippen molar-refractivity contribution in [1.29, 1.82) is 0 Å². The highest BCUT2D eigenvalue weighted by Gasteiger charge is 2.38. The number of allylic oxidation sites excluding steroid dienone is 2. The third-order valence-electron chi connectivity index (χ3n) is 4.73. The molecule has 0 spiro atoms. The Morgan fingerprint density at radius 3 is 2.41 bits per heavy atom. The summed E-state index contributed by atoms with van der Waals surface area (Å²) in [5.41, 5.74) is 4.69. The van der Waals surface area contributed by atoms with Crippen LogP contribution >= 0.6 is 11.6 Å². The van der Waals surface area contributed by atoms with Crippen molar-refractivity contribution in [2.75, 3.05) is 12.0 Å². The van der Waals surface area contributed by atoms with E-state index in [0.29, 0.717) is 22.0 Å². The van der Waals surface area contributed by atoms with Crippen LogP contribution in [-0.2, 0) is 14.3 Å². The Kier molecular flexibility index (Phi) is 5.19. The summed E-state index contributed by atoms with van der Waals surface area (Å²) in [4.78, 5) is 27.1. The van der Waals surface area contributed by atoms with Gasteiger partial charge < -0.3 is 9.64 Å². The van der Waals surface area contributed by atoms with Crippen LogP contribution in [0, 0.1) is 13.8 Å². The Bertz CT molecular complexity index is 1000. The van der Waals surface area contributed by atoms with Gasteiger partial charge in [-0.1, -0.05) is 35.9 Å². The Morgan fingerprint density at radius 1 is 1.07 bits per heavy atom. The van der Waals surface area contributed by atoms with Crippen LogP contribution in [0.1, 0.15) is 23.6 Å². The molecule has 138 valence electrons. The maximum atomic E-state index is 13.1. The number of ketones is 1. The predicted octanol–water partition coefficient (Wildman–Crippen LogP) is 4.83. The van der Waals surface area contributed by atoms with Crippen LogP contribution in [0.4, 0.5) is 5.69 Å². The van der Waals surface area contributed by atoms with Crippen LogP contribution in [0.5, 0.6) is 0 Å². The Labute approximate surface area is 163 Å². The number of hydrogen-bond donors (Lipinski definition) is 0. The summed E-state index contributed by atoms with van der Waals surface area (Å²) in [6.45, 7) is 5.78. The molecule has 3 rings (SSSR count). The van der Waals surface area contributed by atoms with Gasteiger partial charge in [-0.15, -0.1) is 0 Å². The fourth-order valence-electron chi connectivity index (χ4n) is 3.10. The molecule has 2 aromatic rings. The molecule has 0 fully saturated rings. The van der Waals surface area contributed by atoms with Crippen molar-refractivity contribution in [3.05, 3.63) is 81.1 Å². The van der Waals surface area contributed by atoms with E-state index in [4.69, 9.17) is 16.3 Å². The van der Waals surface area contributed by atoms with Crippen molar-refractivity contribution in [3.63, 3.8) is 0 Å². The first kappa shape index (κ1) is 18.9. The largest absolute Gasteiger partial charge is 0.465 e. The molecular formula is C22H20ClNO3. The van der Waals surface area contributed by atoms with Gasteiger partial charge in [0.2, 0.25) is 5.78 Å². The number of rotatable bonds is 3. The molecule has 1 heterocycles. The number of aryl methyl sites for hydroxylation is 2. The van der Waals surface area contributed by atoms with Crippen molar-refractivity contribution < 1.29 is 14.3 Å². The molecule has 0 saturated heterocycles. The van der Waals surface area contributed by atoms with Crippen molar-refractivity contribution in [2.24, 2.45) is 0 Å². The van der Waals surface area contributed by atoms with Crippen LogP contribution in [0.15, 0.2) is 59.4 Å². The SMILES string of the molecule is COC(=O)C1=C(C)N(c2ccc(C)c(C)c2)/C(=C/c2ccccc2Cl)C1=O. The number of esters is 1. The number of halogens is 1. The fraction of sp³-hybridized carbons (Fsp3) is 0.182. The maximum absolute atomic E-state index is 13.1. The number of carbonyl (C=O) groups is 2. The van der Waals surface area contributed by atoms with Gasteiger partial charge in [-0.05, 0) is 61.7 Å². The number of carbonyl (C=O) groups excluding carboxylic acids is 2. The highest BCUT2D eigenvalue weighted by molar-refractivity contribution is 6.33. The second-order valence-electron chi connectivity index (χ2n) is 6.44. The number of hydrogen-bond acceptors (Lipinski definition) is 4. The average Bonchev–Trinajstić information content (AvgIpc) is 2.89. The van der Waals surface area contributed by atoms with Crippen molar-refractivity contribution >= 4 is 35.1 Å². The van der Waals surface area contributed by atoms with Gasteiger partial charge in [-0.25, -0.2) is 4.79 Å². The zero-order valence-electron chi connectivity index (χ0n) is 15.7. The highest BCUT2D eigenvalue weighted by atomic mass is 35.5. The normalized spacial score (nSPS) is 15.7. The van der Waals surface area contributed by atoms with Gasteiger partial charge in [-0.3, -0.25) is 4.79 Å². The quantitative estimate of drug-likeness (QED) is 0.434. The van der Waals surface area contributed by atoms with E-state index in [1.807, 2.05) is 50.2 Å². The van der Waals surface area contributed by atoms with E-state index >= 15 is 0 Å². The van der Waals surface area contributed by atoms with Crippen LogP contribution in [-0.4, -0.2) is 18.9 Å². The highest BCUT2D eigenvalue weighted by Crippen LogP contribution is 2.37. The topological polar surface area (TPSA) is 46.6 Å². The van der Waals surface area contributed by atoms with Gasteiger partial charge in [0.1, 0.15) is 5.57 Å². The van der Waals surface area contributed by atoms with E-state index in [1.165, 1.54) is 7.11 Å². The lowest BCUT2D eigenvalue weighted by molar-refractivity contribution is -0.137. The summed E-state index contributed by atoms with van der Waals surface area (Å²) < 4.78 is 4.83. The molecule has 0 radical (unpaired) electrons. The van der Waals surface area contributed by atoms with Gasteiger partial charge >= 0.3 is 5.97 Å². The van der Waals surface area contributed by atoms with Crippen LogP contribution in [0.2, 0.25) is 5.02 Å². The molecule has 0 aromatic heterocycles. The smallest absolute Gasteiger partial charge is 0.343 e.